The van der Waals surface area contributed by atoms with Crippen molar-refractivity contribution in [3.05, 3.63) is 35.5 Å². The molecule has 108 valence electrons. The predicted octanol–water partition coefficient (Wildman–Crippen LogP) is 4.06. The van der Waals surface area contributed by atoms with Crippen LogP contribution >= 0.6 is 11.6 Å². The zero-order valence-electron chi connectivity index (χ0n) is 12.3. The fourth-order valence-corrected chi connectivity index (χ4v) is 2.81. The van der Waals surface area contributed by atoms with Gasteiger partial charge < -0.3 is 11.1 Å². The van der Waals surface area contributed by atoms with Gasteiger partial charge in [-0.15, -0.1) is 0 Å². The molecule has 0 saturated carbocycles. The van der Waals surface area contributed by atoms with Crippen molar-refractivity contribution in [1.82, 2.24) is 4.98 Å². The van der Waals surface area contributed by atoms with Crippen molar-refractivity contribution in [2.75, 3.05) is 11.9 Å². The van der Waals surface area contributed by atoms with Gasteiger partial charge in [0.2, 0.25) is 0 Å². The molecule has 0 aliphatic carbocycles. The van der Waals surface area contributed by atoms with Gasteiger partial charge in [-0.2, -0.15) is 0 Å². The summed E-state index contributed by atoms with van der Waals surface area (Å²) in [5.41, 5.74) is 7.80. The van der Waals surface area contributed by atoms with Gasteiger partial charge in [0.25, 0.3) is 0 Å². The van der Waals surface area contributed by atoms with Crippen molar-refractivity contribution in [3.63, 3.8) is 0 Å². The van der Waals surface area contributed by atoms with Gasteiger partial charge >= 0.3 is 0 Å². The highest BCUT2D eigenvalue weighted by Gasteiger charge is 2.24. The van der Waals surface area contributed by atoms with Crippen LogP contribution in [0.1, 0.15) is 27.2 Å². The van der Waals surface area contributed by atoms with Crippen molar-refractivity contribution in [3.8, 4) is 0 Å². The number of aromatic nitrogens is 1. The molecule has 3 nitrogen and oxygen atoms in total. The maximum absolute atomic E-state index is 6.02. The highest BCUT2D eigenvalue weighted by Crippen LogP contribution is 2.28. The monoisotopic (exact) mass is 291 g/mol. The summed E-state index contributed by atoms with van der Waals surface area (Å²) in [5, 5.41) is 5.36. The summed E-state index contributed by atoms with van der Waals surface area (Å²) in [6.45, 7) is 7.16. The van der Waals surface area contributed by atoms with Gasteiger partial charge in [-0.25, -0.2) is 0 Å². The highest BCUT2D eigenvalue weighted by molar-refractivity contribution is 6.31. The molecule has 1 aromatic carbocycles. The minimum absolute atomic E-state index is 0.123. The lowest BCUT2D eigenvalue weighted by Crippen LogP contribution is -2.43. The van der Waals surface area contributed by atoms with Crippen LogP contribution in [0.5, 0.6) is 0 Å². The summed E-state index contributed by atoms with van der Waals surface area (Å²) in [4.78, 5) is 4.36. The number of hydrogen-bond acceptors (Lipinski definition) is 3. The number of fused-ring (bicyclic) bond motifs is 1. The second-order valence-electron chi connectivity index (χ2n) is 6.01. The summed E-state index contributed by atoms with van der Waals surface area (Å²) in [5.74, 6) is 0.582. The molecule has 0 bridgehead atoms. The summed E-state index contributed by atoms with van der Waals surface area (Å²) in [6, 6.07) is 7.76. The number of benzene rings is 1. The Morgan fingerprint density at radius 3 is 2.75 bits per heavy atom. The van der Waals surface area contributed by atoms with E-state index in [1.807, 2.05) is 24.3 Å². The number of hydrogen-bond donors (Lipinski definition) is 2. The molecule has 0 aliphatic rings. The van der Waals surface area contributed by atoms with Crippen LogP contribution in [0.25, 0.3) is 10.9 Å². The molecule has 20 heavy (non-hydrogen) atoms. The van der Waals surface area contributed by atoms with Crippen LogP contribution in [-0.2, 0) is 0 Å². The fraction of sp³-hybridized carbons (Fsp3) is 0.438. The van der Waals surface area contributed by atoms with E-state index in [4.69, 9.17) is 17.3 Å². The molecule has 0 aliphatic heterocycles. The minimum atomic E-state index is -0.123. The molecule has 4 heteroatoms. The van der Waals surface area contributed by atoms with E-state index in [9.17, 15) is 0 Å². The van der Waals surface area contributed by atoms with E-state index in [0.29, 0.717) is 17.5 Å². The molecule has 0 radical (unpaired) electrons. The molecule has 0 spiro atoms. The second kappa shape index (κ2) is 5.98. The van der Waals surface area contributed by atoms with Crippen LogP contribution in [0.2, 0.25) is 5.02 Å². The lowest BCUT2D eigenvalue weighted by molar-refractivity contribution is 0.407. The highest BCUT2D eigenvalue weighted by atomic mass is 35.5. The maximum Gasteiger partial charge on any atom is 0.0737 e. The van der Waals surface area contributed by atoms with E-state index < -0.39 is 0 Å². The number of nitrogens with two attached hydrogens (primary N) is 1. The molecular weight excluding hydrogens is 270 g/mol. The summed E-state index contributed by atoms with van der Waals surface area (Å²) >= 11 is 6.02. The van der Waals surface area contributed by atoms with Gasteiger partial charge in [0, 0.05) is 34.4 Å². The second-order valence-corrected chi connectivity index (χ2v) is 6.44. The standard InChI is InChI=1S/C16H22ClN3/c1-11(2)9-16(3,10-18)20-14-6-7-19-15-8-12(17)4-5-13(14)15/h4-8,11H,9-10,18H2,1-3H3,(H,19,20). The normalized spacial score (nSPS) is 14.5. The Hall–Kier alpha value is -1.32. The Morgan fingerprint density at radius 2 is 2.10 bits per heavy atom. The molecule has 0 saturated heterocycles. The van der Waals surface area contributed by atoms with E-state index >= 15 is 0 Å². The molecule has 2 rings (SSSR count). The van der Waals surface area contributed by atoms with E-state index in [1.54, 1.807) is 6.20 Å². The quantitative estimate of drug-likeness (QED) is 0.873. The third kappa shape index (κ3) is 3.41. The van der Waals surface area contributed by atoms with Crippen LogP contribution in [0.4, 0.5) is 5.69 Å². The topological polar surface area (TPSA) is 50.9 Å². The Bertz CT molecular complexity index is 597. The third-order valence-electron chi connectivity index (χ3n) is 3.45. The first-order valence-corrected chi connectivity index (χ1v) is 7.34. The number of anilines is 1. The molecule has 1 heterocycles. The fourth-order valence-electron chi connectivity index (χ4n) is 2.64. The van der Waals surface area contributed by atoms with Gasteiger partial charge in [-0.05, 0) is 43.5 Å². The van der Waals surface area contributed by atoms with Crippen LogP contribution in [0, 0.1) is 5.92 Å². The van der Waals surface area contributed by atoms with Crippen molar-refractivity contribution < 1.29 is 0 Å². The molecule has 2 aromatic rings. The first-order chi connectivity index (χ1) is 9.43. The van der Waals surface area contributed by atoms with Gasteiger partial charge in [0.1, 0.15) is 0 Å². The summed E-state index contributed by atoms with van der Waals surface area (Å²) in [7, 11) is 0. The van der Waals surface area contributed by atoms with E-state index in [1.165, 1.54) is 0 Å². The molecule has 1 aromatic heterocycles. The van der Waals surface area contributed by atoms with E-state index in [-0.39, 0.29) is 5.54 Å². The van der Waals surface area contributed by atoms with Crippen molar-refractivity contribution >= 4 is 28.2 Å². The predicted molar refractivity (Wildman–Crippen MR) is 87.3 cm³/mol. The van der Waals surface area contributed by atoms with Gasteiger partial charge in [0.15, 0.2) is 0 Å². The Morgan fingerprint density at radius 1 is 1.35 bits per heavy atom. The first-order valence-electron chi connectivity index (χ1n) is 6.96. The zero-order valence-corrected chi connectivity index (χ0v) is 13.0. The Kier molecular flexibility index (Phi) is 4.51. The SMILES string of the molecule is CC(C)CC(C)(CN)Nc1ccnc2cc(Cl)ccc12. The molecule has 1 unspecified atom stereocenters. The zero-order chi connectivity index (χ0) is 14.8. The first kappa shape index (κ1) is 15.1. The molecular formula is C16H22ClN3. The van der Waals surface area contributed by atoms with Crippen LogP contribution < -0.4 is 11.1 Å². The molecule has 0 amide bonds. The largest absolute Gasteiger partial charge is 0.378 e. The smallest absolute Gasteiger partial charge is 0.0737 e. The van der Waals surface area contributed by atoms with Gasteiger partial charge in [0.05, 0.1) is 5.52 Å². The lowest BCUT2D eigenvalue weighted by atomic mass is 9.90. The number of nitrogens with zero attached hydrogens (tertiary/aromatic N) is 1. The van der Waals surface area contributed by atoms with Crippen molar-refractivity contribution in [1.29, 1.82) is 0 Å². The van der Waals surface area contributed by atoms with Gasteiger partial charge in [-0.1, -0.05) is 25.4 Å². The third-order valence-corrected chi connectivity index (χ3v) is 3.69. The number of nitrogens with one attached hydrogen (secondary N) is 1. The van der Waals surface area contributed by atoms with E-state index in [0.717, 1.165) is 23.0 Å². The molecule has 0 fully saturated rings. The number of halogens is 1. The van der Waals surface area contributed by atoms with Crippen molar-refractivity contribution in [2.45, 2.75) is 32.7 Å². The maximum atomic E-state index is 6.02. The lowest BCUT2D eigenvalue weighted by Gasteiger charge is -2.32. The average Bonchev–Trinajstić information content (AvgIpc) is 2.37. The Labute approximate surface area is 125 Å². The number of rotatable bonds is 5. The van der Waals surface area contributed by atoms with Crippen molar-refractivity contribution in [2.24, 2.45) is 11.7 Å². The minimum Gasteiger partial charge on any atom is -0.378 e. The summed E-state index contributed by atoms with van der Waals surface area (Å²) in [6.07, 6.45) is 2.81. The molecule has 3 N–H and O–H groups in total. The number of pyridine rings is 1. The summed E-state index contributed by atoms with van der Waals surface area (Å²) < 4.78 is 0. The van der Waals surface area contributed by atoms with Crippen LogP contribution in [-0.4, -0.2) is 17.1 Å². The van der Waals surface area contributed by atoms with Crippen LogP contribution in [0.3, 0.4) is 0 Å². The van der Waals surface area contributed by atoms with Gasteiger partial charge in [-0.3, -0.25) is 4.98 Å². The Balaban J connectivity index is 2.37. The van der Waals surface area contributed by atoms with Crippen LogP contribution in [0.15, 0.2) is 30.5 Å². The van der Waals surface area contributed by atoms with E-state index in [2.05, 4.69) is 31.1 Å². The average molecular weight is 292 g/mol. The molecule has 1 atom stereocenters.